The second kappa shape index (κ2) is 9.32. The summed E-state index contributed by atoms with van der Waals surface area (Å²) in [5.41, 5.74) is 2.09. The Hall–Kier alpha value is -3.84. The van der Waals surface area contributed by atoms with Crippen molar-refractivity contribution in [2.75, 3.05) is 5.32 Å². The number of hydrogen-bond donors (Lipinski definition) is 1. The van der Waals surface area contributed by atoms with Crippen molar-refractivity contribution in [2.24, 2.45) is 0 Å². The lowest BCUT2D eigenvalue weighted by Gasteiger charge is -2.24. The summed E-state index contributed by atoms with van der Waals surface area (Å²) in [6.45, 7) is 0. The van der Waals surface area contributed by atoms with E-state index in [1.807, 2.05) is 65.2 Å². The highest BCUT2D eigenvalue weighted by atomic mass is 32.2. The number of imidazole rings is 1. The molecule has 36 heavy (non-hydrogen) atoms. The van der Waals surface area contributed by atoms with E-state index in [2.05, 4.69) is 5.32 Å². The number of nitrogens with one attached hydrogen (secondary N) is 1. The highest BCUT2D eigenvalue weighted by Gasteiger charge is 2.25. The van der Waals surface area contributed by atoms with E-state index in [1.165, 1.54) is 19.3 Å². The predicted molar refractivity (Wildman–Crippen MR) is 143 cm³/mol. The van der Waals surface area contributed by atoms with Gasteiger partial charge in [-0.15, -0.1) is 0 Å². The minimum atomic E-state index is -4.10. The van der Waals surface area contributed by atoms with Gasteiger partial charge in [0.25, 0.3) is 0 Å². The van der Waals surface area contributed by atoms with Crippen LogP contribution in [0.1, 0.15) is 32.1 Å². The van der Waals surface area contributed by atoms with Gasteiger partial charge in [0, 0.05) is 23.2 Å². The third-order valence-corrected chi connectivity index (χ3v) is 8.13. The maximum absolute atomic E-state index is 13.5. The molecule has 7 heteroatoms. The first-order valence-electron chi connectivity index (χ1n) is 12.4. The molecule has 5 aromatic rings. The molecule has 6 nitrogen and oxygen atoms in total. The Balaban J connectivity index is 1.44. The Morgan fingerprint density at radius 1 is 0.833 bits per heavy atom. The summed E-state index contributed by atoms with van der Waals surface area (Å²) >= 11 is 0. The lowest BCUT2D eigenvalue weighted by Crippen LogP contribution is -2.23. The maximum atomic E-state index is 13.5. The van der Waals surface area contributed by atoms with E-state index in [4.69, 9.17) is 9.17 Å². The Kier molecular flexibility index (Phi) is 5.85. The predicted octanol–water partition coefficient (Wildman–Crippen LogP) is 6.67. The second-order valence-corrected chi connectivity index (χ2v) is 10.7. The molecule has 1 N–H and O–H groups in total. The zero-order valence-corrected chi connectivity index (χ0v) is 20.6. The Labute approximate surface area is 210 Å². The SMILES string of the molecule is O=S(=O)(Oc1ccccc1-c1nc2ccccn2c1NC1CCCCC1)c1cccc2ccccc12. The first-order valence-corrected chi connectivity index (χ1v) is 13.8. The number of pyridine rings is 1. The number of hydrogen-bond acceptors (Lipinski definition) is 5. The number of nitrogens with zero attached hydrogens (tertiary/aromatic N) is 2. The average Bonchev–Trinajstić information content (AvgIpc) is 3.27. The molecule has 0 spiro atoms. The van der Waals surface area contributed by atoms with Gasteiger partial charge in [-0.1, -0.05) is 73.9 Å². The van der Waals surface area contributed by atoms with Crippen LogP contribution in [0.4, 0.5) is 5.82 Å². The number of fused-ring (bicyclic) bond motifs is 2. The fraction of sp³-hybridized carbons (Fsp3) is 0.207. The van der Waals surface area contributed by atoms with Gasteiger partial charge in [0.05, 0.1) is 0 Å². The smallest absolute Gasteiger partial charge is 0.339 e. The van der Waals surface area contributed by atoms with Crippen LogP contribution in [0.25, 0.3) is 27.7 Å². The summed E-state index contributed by atoms with van der Waals surface area (Å²) in [4.78, 5) is 5.03. The van der Waals surface area contributed by atoms with E-state index < -0.39 is 10.1 Å². The normalized spacial score (nSPS) is 14.8. The summed E-state index contributed by atoms with van der Waals surface area (Å²) in [6.07, 6.45) is 7.86. The molecule has 0 bridgehead atoms. The molecule has 1 fully saturated rings. The molecule has 0 atom stereocenters. The molecular formula is C29H27N3O3S. The monoisotopic (exact) mass is 497 g/mol. The van der Waals surface area contributed by atoms with Gasteiger partial charge in [-0.3, -0.25) is 4.40 Å². The molecule has 0 unspecified atom stereocenters. The van der Waals surface area contributed by atoms with Crippen molar-refractivity contribution in [2.45, 2.75) is 43.0 Å². The van der Waals surface area contributed by atoms with Gasteiger partial charge in [0.1, 0.15) is 22.1 Å². The van der Waals surface area contributed by atoms with Crippen LogP contribution in [0, 0.1) is 0 Å². The van der Waals surface area contributed by atoms with E-state index in [9.17, 15) is 8.42 Å². The molecule has 1 saturated carbocycles. The summed E-state index contributed by atoms with van der Waals surface area (Å²) < 4.78 is 34.9. The molecule has 1 aliphatic rings. The quantitative estimate of drug-likeness (QED) is 0.265. The van der Waals surface area contributed by atoms with Gasteiger partial charge in [0.2, 0.25) is 0 Å². The van der Waals surface area contributed by atoms with Crippen molar-refractivity contribution >= 4 is 32.4 Å². The van der Waals surface area contributed by atoms with Crippen molar-refractivity contribution in [1.29, 1.82) is 0 Å². The molecule has 1 aliphatic carbocycles. The van der Waals surface area contributed by atoms with Crippen LogP contribution in [0.3, 0.4) is 0 Å². The number of benzene rings is 3. The average molecular weight is 498 g/mol. The number of aromatic nitrogens is 2. The van der Waals surface area contributed by atoms with Crippen molar-refractivity contribution in [3.05, 3.63) is 91.1 Å². The van der Waals surface area contributed by atoms with E-state index >= 15 is 0 Å². The largest absolute Gasteiger partial charge is 0.378 e. The van der Waals surface area contributed by atoms with Gasteiger partial charge >= 0.3 is 10.1 Å². The Morgan fingerprint density at radius 2 is 1.58 bits per heavy atom. The number of anilines is 1. The number of rotatable bonds is 6. The highest BCUT2D eigenvalue weighted by Crippen LogP contribution is 2.38. The van der Waals surface area contributed by atoms with Gasteiger partial charge < -0.3 is 9.50 Å². The van der Waals surface area contributed by atoms with Crippen molar-refractivity contribution in [1.82, 2.24) is 9.38 Å². The lowest BCUT2D eigenvalue weighted by atomic mass is 9.95. The van der Waals surface area contributed by atoms with Gasteiger partial charge in [0.15, 0.2) is 5.75 Å². The fourth-order valence-corrected chi connectivity index (χ4v) is 6.25. The zero-order chi connectivity index (χ0) is 24.5. The molecule has 0 radical (unpaired) electrons. The topological polar surface area (TPSA) is 72.7 Å². The van der Waals surface area contributed by atoms with Crippen molar-refractivity contribution < 1.29 is 12.6 Å². The molecule has 6 rings (SSSR count). The van der Waals surface area contributed by atoms with Crippen LogP contribution in [0.5, 0.6) is 5.75 Å². The van der Waals surface area contributed by atoms with Gasteiger partial charge in [-0.25, -0.2) is 4.98 Å². The van der Waals surface area contributed by atoms with Crippen molar-refractivity contribution in [3.63, 3.8) is 0 Å². The van der Waals surface area contributed by atoms with Crippen LogP contribution in [-0.4, -0.2) is 23.8 Å². The van der Waals surface area contributed by atoms with E-state index in [1.54, 1.807) is 30.3 Å². The fourth-order valence-electron chi connectivity index (χ4n) is 5.07. The third kappa shape index (κ3) is 4.20. The molecular weight excluding hydrogens is 470 g/mol. The summed E-state index contributed by atoms with van der Waals surface area (Å²) in [5.74, 6) is 1.11. The minimum absolute atomic E-state index is 0.144. The Morgan fingerprint density at radius 3 is 2.47 bits per heavy atom. The van der Waals surface area contributed by atoms with Crippen LogP contribution in [-0.2, 0) is 10.1 Å². The first kappa shape index (κ1) is 22.6. The van der Waals surface area contributed by atoms with Gasteiger partial charge in [-0.2, -0.15) is 8.42 Å². The third-order valence-electron chi connectivity index (χ3n) is 6.84. The second-order valence-electron chi connectivity index (χ2n) is 9.23. The molecule has 3 aromatic carbocycles. The van der Waals surface area contributed by atoms with Crippen LogP contribution < -0.4 is 9.50 Å². The summed E-state index contributed by atoms with van der Waals surface area (Å²) in [7, 11) is -4.10. The van der Waals surface area contributed by atoms with E-state index in [0.29, 0.717) is 22.7 Å². The summed E-state index contributed by atoms with van der Waals surface area (Å²) in [5, 5.41) is 5.18. The highest BCUT2D eigenvalue weighted by molar-refractivity contribution is 7.87. The van der Waals surface area contributed by atoms with Crippen LogP contribution in [0.2, 0.25) is 0 Å². The molecule has 0 aliphatic heterocycles. The maximum Gasteiger partial charge on any atom is 0.339 e. The molecule has 0 amide bonds. The molecule has 0 saturated heterocycles. The van der Waals surface area contributed by atoms with Crippen LogP contribution in [0.15, 0.2) is 96.0 Å². The zero-order valence-electron chi connectivity index (χ0n) is 19.8. The van der Waals surface area contributed by atoms with E-state index in [-0.39, 0.29) is 10.6 Å². The van der Waals surface area contributed by atoms with Crippen LogP contribution >= 0.6 is 0 Å². The number of para-hydroxylation sites is 1. The molecule has 2 aromatic heterocycles. The Bertz CT molecular complexity index is 1650. The first-order chi connectivity index (χ1) is 17.6. The molecule has 2 heterocycles. The lowest BCUT2D eigenvalue weighted by molar-refractivity contribution is 0.461. The standard InChI is InChI=1S/C29H27N3O3S/c33-36(34,26-18-10-12-21-11-4-5-15-23(21)26)35-25-17-7-6-16-24(25)28-29(30-22-13-2-1-3-14-22)32-20-9-8-19-27(32)31-28/h4-12,15-20,22,30H,1-3,13-14H2. The van der Waals surface area contributed by atoms with E-state index in [0.717, 1.165) is 29.7 Å². The summed E-state index contributed by atoms with van der Waals surface area (Å²) in [6, 6.07) is 26.0. The minimum Gasteiger partial charge on any atom is -0.378 e. The van der Waals surface area contributed by atoms with Gasteiger partial charge in [-0.05, 0) is 48.6 Å². The molecule has 182 valence electrons. The van der Waals surface area contributed by atoms with Crippen molar-refractivity contribution in [3.8, 4) is 17.0 Å².